The number of nitrogens with one attached hydrogen (secondary N) is 2. The van der Waals surface area contributed by atoms with Crippen LogP contribution < -0.4 is 10.6 Å². The number of carbonyl (C=O) groups is 2. The van der Waals surface area contributed by atoms with Gasteiger partial charge in [0.05, 0.1) is 12.1 Å². The molecule has 0 heterocycles. The van der Waals surface area contributed by atoms with Crippen molar-refractivity contribution < 1.29 is 19.1 Å². The molecule has 7 heteroatoms. The molecule has 6 nitrogen and oxygen atoms in total. The molecular weight excluding hydrogens is 265 g/mol. The van der Waals surface area contributed by atoms with E-state index in [1.165, 1.54) is 12.1 Å². The molecular formula is C13H14FN3O3. The molecule has 1 aromatic rings. The van der Waals surface area contributed by atoms with Gasteiger partial charge in [-0.25, -0.2) is 9.18 Å². The second kappa shape index (κ2) is 7.09. The van der Waals surface area contributed by atoms with Gasteiger partial charge in [0, 0.05) is 6.04 Å². The Morgan fingerprint density at radius 3 is 2.75 bits per heavy atom. The summed E-state index contributed by atoms with van der Waals surface area (Å²) in [5, 5.41) is 22.3. The van der Waals surface area contributed by atoms with Gasteiger partial charge in [0.15, 0.2) is 0 Å². The molecule has 0 aliphatic rings. The van der Waals surface area contributed by atoms with Gasteiger partial charge in [-0.15, -0.1) is 0 Å². The van der Waals surface area contributed by atoms with Gasteiger partial charge < -0.3 is 15.7 Å². The normalized spacial score (nSPS) is 11.2. The number of hydrogen-bond donors (Lipinski definition) is 3. The highest BCUT2D eigenvalue weighted by Gasteiger charge is 2.15. The van der Waals surface area contributed by atoms with Gasteiger partial charge in [-0.2, -0.15) is 5.26 Å². The summed E-state index contributed by atoms with van der Waals surface area (Å²) in [6.45, 7) is 1.73. The number of anilines is 1. The first-order valence-corrected chi connectivity index (χ1v) is 5.95. The summed E-state index contributed by atoms with van der Waals surface area (Å²) in [7, 11) is 0. The Morgan fingerprint density at radius 1 is 1.50 bits per heavy atom. The molecule has 0 aromatic heterocycles. The number of amides is 2. The second-order valence-corrected chi connectivity index (χ2v) is 4.08. The largest absolute Gasteiger partial charge is 0.481 e. The van der Waals surface area contributed by atoms with Crippen molar-refractivity contribution in [3.8, 4) is 6.07 Å². The average Bonchev–Trinajstić information content (AvgIpc) is 2.37. The topological polar surface area (TPSA) is 102 Å². The summed E-state index contributed by atoms with van der Waals surface area (Å²) >= 11 is 0. The van der Waals surface area contributed by atoms with Crippen molar-refractivity contribution >= 4 is 17.7 Å². The summed E-state index contributed by atoms with van der Waals surface area (Å²) in [6.07, 6.45) is 0.228. The van der Waals surface area contributed by atoms with Gasteiger partial charge in [-0.3, -0.25) is 4.79 Å². The lowest BCUT2D eigenvalue weighted by Gasteiger charge is -2.16. The van der Waals surface area contributed by atoms with E-state index < -0.39 is 23.9 Å². The van der Waals surface area contributed by atoms with E-state index in [4.69, 9.17) is 10.4 Å². The molecule has 20 heavy (non-hydrogen) atoms. The Labute approximate surface area is 115 Å². The van der Waals surface area contributed by atoms with Crippen LogP contribution in [0.25, 0.3) is 0 Å². The Kier molecular flexibility index (Phi) is 5.47. The SMILES string of the molecule is CCC(CC(=O)O)NC(=O)Nc1cccc(F)c1C#N. The summed E-state index contributed by atoms with van der Waals surface area (Å²) in [6, 6.07) is 4.30. The van der Waals surface area contributed by atoms with Gasteiger partial charge in [0.2, 0.25) is 0 Å². The number of nitrogens with zero attached hydrogens (tertiary/aromatic N) is 1. The molecule has 1 unspecified atom stereocenters. The first kappa shape index (κ1) is 15.4. The van der Waals surface area contributed by atoms with Crippen molar-refractivity contribution in [2.45, 2.75) is 25.8 Å². The second-order valence-electron chi connectivity index (χ2n) is 4.08. The predicted octanol–water partition coefficient (Wildman–Crippen LogP) is 2.07. The monoisotopic (exact) mass is 279 g/mol. The lowest BCUT2D eigenvalue weighted by atomic mass is 10.1. The summed E-state index contributed by atoms with van der Waals surface area (Å²) < 4.78 is 13.3. The Balaban J connectivity index is 2.74. The zero-order chi connectivity index (χ0) is 15.1. The van der Waals surface area contributed by atoms with E-state index >= 15 is 0 Å². The van der Waals surface area contributed by atoms with Crippen LogP contribution in [0.5, 0.6) is 0 Å². The fraction of sp³-hybridized carbons (Fsp3) is 0.308. The fourth-order valence-electron chi connectivity index (χ4n) is 1.59. The minimum atomic E-state index is -1.03. The number of nitriles is 1. The Morgan fingerprint density at radius 2 is 2.20 bits per heavy atom. The summed E-state index contributed by atoms with van der Waals surface area (Å²) in [5.74, 6) is -1.76. The highest BCUT2D eigenvalue weighted by Crippen LogP contribution is 2.17. The zero-order valence-corrected chi connectivity index (χ0v) is 10.8. The summed E-state index contributed by atoms with van der Waals surface area (Å²) in [4.78, 5) is 22.3. The number of hydrogen-bond acceptors (Lipinski definition) is 3. The van der Waals surface area contributed by atoms with Gasteiger partial charge >= 0.3 is 12.0 Å². The average molecular weight is 279 g/mol. The van der Waals surface area contributed by atoms with Crippen LogP contribution >= 0.6 is 0 Å². The van der Waals surface area contributed by atoms with Crippen LogP contribution in [-0.4, -0.2) is 23.1 Å². The molecule has 0 spiro atoms. The number of aliphatic carboxylic acids is 1. The molecule has 1 rings (SSSR count). The first-order valence-electron chi connectivity index (χ1n) is 5.95. The van der Waals surface area contributed by atoms with Crippen molar-refractivity contribution in [1.29, 1.82) is 5.26 Å². The van der Waals surface area contributed by atoms with Crippen LogP contribution in [0, 0.1) is 17.1 Å². The lowest BCUT2D eigenvalue weighted by molar-refractivity contribution is -0.137. The smallest absolute Gasteiger partial charge is 0.319 e. The minimum absolute atomic E-state index is 0.0372. The third kappa shape index (κ3) is 4.24. The van der Waals surface area contributed by atoms with Gasteiger partial charge in [-0.1, -0.05) is 13.0 Å². The zero-order valence-electron chi connectivity index (χ0n) is 10.8. The van der Waals surface area contributed by atoms with E-state index in [0.29, 0.717) is 6.42 Å². The molecule has 0 saturated carbocycles. The third-order valence-electron chi connectivity index (χ3n) is 2.62. The van der Waals surface area contributed by atoms with Gasteiger partial charge in [-0.05, 0) is 18.6 Å². The minimum Gasteiger partial charge on any atom is -0.481 e. The van der Waals surface area contributed by atoms with E-state index in [1.807, 2.05) is 0 Å². The molecule has 106 valence electrons. The highest BCUT2D eigenvalue weighted by atomic mass is 19.1. The molecule has 0 fully saturated rings. The van der Waals surface area contributed by atoms with E-state index in [9.17, 15) is 14.0 Å². The molecule has 0 radical (unpaired) electrons. The van der Waals surface area contributed by atoms with Crippen LogP contribution in [0.4, 0.5) is 14.9 Å². The highest BCUT2D eigenvalue weighted by molar-refractivity contribution is 5.91. The first-order chi connectivity index (χ1) is 9.47. The Hall–Kier alpha value is -2.62. The summed E-state index contributed by atoms with van der Waals surface area (Å²) in [5.41, 5.74) is -0.232. The van der Waals surface area contributed by atoms with Crippen molar-refractivity contribution in [3.63, 3.8) is 0 Å². The molecule has 1 atom stereocenters. The van der Waals surface area contributed by atoms with Crippen LogP contribution in [0.1, 0.15) is 25.3 Å². The van der Waals surface area contributed by atoms with Crippen LogP contribution in [-0.2, 0) is 4.79 Å². The van der Waals surface area contributed by atoms with Crippen LogP contribution in [0.15, 0.2) is 18.2 Å². The maximum absolute atomic E-state index is 13.3. The van der Waals surface area contributed by atoms with E-state index in [1.54, 1.807) is 13.0 Å². The molecule has 1 aromatic carbocycles. The number of carbonyl (C=O) groups excluding carboxylic acids is 1. The van der Waals surface area contributed by atoms with E-state index in [-0.39, 0.29) is 17.7 Å². The molecule has 0 saturated heterocycles. The number of halogens is 1. The quantitative estimate of drug-likeness (QED) is 0.767. The number of carboxylic acid groups (broad SMARTS) is 1. The molecule has 0 bridgehead atoms. The molecule has 0 aliphatic heterocycles. The van der Waals surface area contributed by atoms with Gasteiger partial charge in [0.1, 0.15) is 17.4 Å². The maximum atomic E-state index is 13.3. The lowest BCUT2D eigenvalue weighted by Crippen LogP contribution is -2.39. The third-order valence-corrected chi connectivity index (χ3v) is 2.62. The van der Waals surface area contributed by atoms with Crippen molar-refractivity contribution in [1.82, 2.24) is 5.32 Å². The fourth-order valence-corrected chi connectivity index (χ4v) is 1.59. The number of urea groups is 1. The molecule has 2 amide bonds. The Bertz CT molecular complexity index is 554. The molecule has 0 aliphatic carbocycles. The van der Waals surface area contributed by atoms with E-state index in [2.05, 4.69) is 10.6 Å². The van der Waals surface area contributed by atoms with Gasteiger partial charge in [0.25, 0.3) is 0 Å². The maximum Gasteiger partial charge on any atom is 0.319 e. The predicted molar refractivity (Wildman–Crippen MR) is 69.6 cm³/mol. The number of carboxylic acids is 1. The van der Waals surface area contributed by atoms with E-state index in [0.717, 1.165) is 6.07 Å². The van der Waals surface area contributed by atoms with Crippen molar-refractivity contribution in [3.05, 3.63) is 29.6 Å². The van der Waals surface area contributed by atoms with Crippen molar-refractivity contribution in [2.75, 3.05) is 5.32 Å². The number of benzene rings is 1. The standard InChI is InChI=1S/C13H14FN3O3/c1-2-8(6-12(18)19)16-13(20)17-11-5-3-4-10(14)9(11)7-15/h3-5,8H,2,6H2,1H3,(H,18,19)(H2,16,17,20). The van der Waals surface area contributed by atoms with Crippen LogP contribution in [0.2, 0.25) is 0 Å². The van der Waals surface area contributed by atoms with Crippen molar-refractivity contribution in [2.24, 2.45) is 0 Å². The molecule has 3 N–H and O–H groups in total. The number of rotatable bonds is 5. The van der Waals surface area contributed by atoms with Crippen LogP contribution in [0.3, 0.4) is 0 Å².